The Labute approximate surface area is 71.5 Å². The van der Waals surface area contributed by atoms with E-state index in [1.165, 1.54) is 0 Å². The Morgan fingerprint density at radius 3 is 2.64 bits per heavy atom. The average molecular weight is 162 g/mol. The fourth-order valence-corrected chi connectivity index (χ4v) is 0.681. The van der Waals surface area contributed by atoms with Crippen LogP contribution in [-0.4, -0.2) is 26.0 Å². The van der Waals surface area contributed by atoms with Crippen molar-refractivity contribution < 1.29 is 7.65 Å². The van der Waals surface area contributed by atoms with E-state index in [9.17, 15) is 4.79 Å². The van der Waals surface area contributed by atoms with E-state index in [1.54, 1.807) is 7.05 Å². The van der Waals surface area contributed by atoms with Crippen molar-refractivity contribution in [1.82, 2.24) is 10.6 Å². The summed E-state index contributed by atoms with van der Waals surface area (Å²) >= 11 is 0. The van der Waals surface area contributed by atoms with Gasteiger partial charge in [-0.25, -0.2) is 0 Å². The van der Waals surface area contributed by atoms with E-state index < -0.39 is 0 Å². The summed E-state index contributed by atoms with van der Waals surface area (Å²) < 4.78 is 0. The van der Waals surface area contributed by atoms with Crippen LogP contribution in [0.5, 0.6) is 0 Å². The van der Waals surface area contributed by atoms with E-state index >= 15 is 0 Å². The maximum atomic E-state index is 10.7. The molecule has 0 aromatic carbocycles. The lowest BCUT2D eigenvalue weighted by atomic mass is 10.1. The van der Waals surface area contributed by atoms with Crippen LogP contribution in [0, 0.1) is 5.92 Å². The molecule has 0 aliphatic rings. The van der Waals surface area contributed by atoms with Gasteiger partial charge in [0.2, 0.25) is 5.91 Å². The van der Waals surface area contributed by atoms with Gasteiger partial charge in [0.1, 0.15) is 0 Å². The summed E-state index contributed by atoms with van der Waals surface area (Å²) in [4.78, 5) is 10.7. The third-order valence-corrected chi connectivity index (χ3v) is 1.46. The van der Waals surface area contributed by atoms with Crippen LogP contribution in [-0.2, 0) is 4.79 Å². The molecule has 0 aliphatic carbocycles. The molecular formula is C8H22N2O. The fourth-order valence-electron chi connectivity index (χ4n) is 0.681. The topological polar surface area (TPSA) is 41.1 Å². The van der Waals surface area contributed by atoms with Crippen LogP contribution in [0.1, 0.15) is 23.1 Å². The minimum absolute atomic E-state index is 0. The molecule has 0 radical (unpaired) electrons. The molecule has 0 spiro atoms. The van der Waals surface area contributed by atoms with Gasteiger partial charge >= 0.3 is 0 Å². The smallest absolute Gasteiger partial charge is 0.233 e. The van der Waals surface area contributed by atoms with Gasteiger partial charge in [0, 0.05) is 9.90 Å². The Morgan fingerprint density at radius 2 is 2.18 bits per heavy atom. The summed E-state index contributed by atoms with van der Waals surface area (Å²) in [6.07, 6.45) is 1.12. The molecule has 0 saturated carbocycles. The average Bonchev–Trinajstić information content (AvgIpc) is 1.97. The molecule has 0 saturated heterocycles. The lowest BCUT2D eigenvalue weighted by Gasteiger charge is -2.05. The van der Waals surface area contributed by atoms with Gasteiger partial charge in [0.15, 0.2) is 0 Å². The number of rotatable bonds is 5. The summed E-state index contributed by atoms with van der Waals surface area (Å²) in [5.41, 5.74) is 0. The van der Waals surface area contributed by atoms with Crippen LogP contribution in [0.2, 0.25) is 0 Å². The first-order chi connectivity index (χ1) is 5.16. The Balaban J connectivity index is -0.000000500. The van der Waals surface area contributed by atoms with Crippen LogP contribution in [0.3, 0.4) is 0 Å². The minimum atomic E-state index is 0. The third kappa shape index (κ3) is 7.33. The van der Waals surface area contributed by atoms with Crippen LogP contribution in [0.4, 0.5) is 0 Å². The zero-order valence-electron chi connectivity index (χ0n) is 7.61. The number of hydrogen-bond acceptors (Lipinski definition) is 2. The van der Waals surface area contributed by atoms with Crippen molar-refractivity contribution in [3.8, 4) is 0 Å². The van der Waals surface area contributed by atoms with Gasteiger partial charge in [0.25, 0.3) is 0 Å². The zero-order valence-corrected chi connectivity index (χ0v) is 7.61. The van der Waals surface area contributed by atoms with E-state index in [0.29, 0.717) is 12.5 Å². The molecule has 2 N–H and O–H groups in total. The predicted molar refractivity (Wildman–Crippen MR) is 50.6 cm³/mol. The molecule has 0 aromatic rings. The first-order valence-corrected chi connectivity index (χ1v) is 4.08. The molecule has 0 heterocycles. The van der Waals surface area contributed by atoms with E-state index in [4.69, 9.17) is 0 Å². The summed E-state index contributed by atoms with van der Waals surface area (Å²) in [6, 6.07) is 0. The molecule has 3 heteroatoms. The number of nitrogens with one attached hydrogen (secondary N) is 2. The van der Waals surface area contributed by atoms with Crippen LogP contribution in [0.15, 0.2) is 0 Å². The monoisotopic (exact) mass is 162 g/mol. The number of likely N-dealkylation sites (N-methyl/N-ethyl adjacent to an activating group) is 1. The van der Waals surface area contributed by atoms with E-state index in [1.807, 2.05) is 0 Å². The molecule has 0 aliphatic heterocycles. The summed E-state index contributed by atoms with van der Waals surface area (Å²) in [6.45, 7) is 5.69. The summed E-state index contributed by atoms with van der Waals surface area (Å²) in [5.74, 6) is 0.751. The Kier molecular flexibility index (Phi) is 5.84. The van der Waals surface area contributed by atoms with Gasteiger partial charge in [-0.2, -0.15) is 0 Å². The highest BCUT2D eigenvalue weighted by Gasteiger charge is 1.96. The van der Waals surface area contributed by atoms with Crippen molar-refractivity contribution in [3.63, 3.8) is 0 Å². The molecule has 3 nitrogen and oxygen atoms in total. The zero-order chi connectivity index (χ0) is 8.69. The minimum Gasteiger partial charge on any atom is -0.358 e. The van der Waals surface area contributed by atoms with Gasteiger partial charge in [-0.15, -0.1) is 0 Å². The van der Waals surface area contributed by atoms with Crippen LogP contribution >= 0.6 is 0 Å². The molecule has 0 unspecified atom stereocenters. The SMILES string of the molecule is CNC(=O)CNCCC(C)C.[HH].[HH]. The molecule has 0 aromatic heterocycles. The highest BCUT2D eigenvalue weighted by atomic mass is 16.1. The number of amides is 1. The second-order valence-corrected chi connectivity index (χ2v) is 3.03. The first-order valence-electron chi connectivity index (χ1n) is 4.08. The van der Waals surface area contributed by atoms with Crippen molar-refractivity contribution in [3.05, 3.63) is 0 Å². The van der Waals surface area contributed by atoms with Crippen molar-refractivity contribution in [2.75, 3.05) is 20.1 Å². The molecule has 0 fully saturated rings. The van der Waals surface area contributed by atoms with Crippen molar-refractivity contribution >= 4 is 5.91 Å². The highest BCUT2D eigenvalue weighted by molar-refractivity contribution is 5.77. The molecule has 0 atom stereocenters. The quantitative estimate of drug-likeness (QED) is 0.589. The lowest BCUT2D eigenvalue weighted by Crippen LogP contribution is -2.32. The van der Waals surface area contributed by atoms with Gasteiger partial charge in [-0.1, -0.05) is 13.8 Å². The normalized spacial score (nSPS) is 10.2. The summed E-state index contributed by atoms with van der Waals surface area (Å²) in [7, 11) is 1.65. The number of hydrogen-bond donors (Lipinski definition) is 2. The van der Waals surface area contributed by atoms with Crippen molar-refractivity contribution in [1.29, 1.82) is 0 Å². The molecule has 1 amide bonds. The van der Waals surface area contributed by atoms with Gasteiger partial charge in [-0.3, -0.25) is 4.79 Å². The maximum Gasteiger partial charge on any atom is 0.233 e. The second-order valence-electron chi connectivity index (χ2n) is 3.03. The van der Waals surface area contributed by atoms with Crippen LogP contribution in [0.25, 0.3) is 0 Å². The molecular weight excluding hydrogens is 140 g/mol. The molecule has 0 bridgehead atoms. The largest absolute Gasteiger partial charge is 0.358 e. The van der Waals surface area contributed by atoms with E-state index in [2.05, 4.69) is 24.5 Å². The van der Waals surface area contributed by atoms with Crippen molar-refractivity contribution in [2.24, 2.45) is 5.92 Å². The highest BCUT2D eigenvalue weighted by Crippen LogP contribution is 1.95. The Bertz CT molecular complexity index is 121. The standard InChI is InChI=1S/C8H18N2O.2H2/c1-7(2)4-5-10-6-8(11)9-3;;/h7,10H,4-6H2,1-3H3,(H,9,11);2*1H. The maximum absolute atomic E-state index is 10.7. The van der Waals surface area contributed by atoms with Crippen LogP contribution < -0.4 is 10.6 Å². The third-order valence-electron chi connectivity index (χ3n) is 1.46. The van der Waals surface area contributed by atoms with Gasteiger partial charge in [-0.05, 0) is 18.9 Å². The van der Waals surface area contributed by atoms with Gasteiger partial charge in [0.05, 0.1) is 6.54 Å². The second kappa shape index (κ2) is 6.16. The number of carbonyl (C=O) groups excluding carboxylic acids is 1. The van der Waals surface area contributed by atoms with E-state index in [-0.39, 0.29) is 8.76 Å². The Morgan fingerprint density at radius 1 is 1.55 bits per heavy atom. The number of carbonyl (C=O) groups is 1. The fraction of sp³-hybridized carbons (Fsp3) is 0.875. The molecule has 11 heavy (non-hydrogen) atoms. The lowest BCUT2D eigenvalue weighted by molar-refractivity contribution is -0.119. The Hall–Kier alpha value is -0.570. The van der Waals surface area contributed by atoms with Crippen molar-refractivity contribution in [2.45, 2.75) is 20.3 Å². The molecule has 0 rings (SSSR count). The first kappa shape index (κ1) is 10.4. The van der Waals surface area contributed by atoms with Gasteiger partial charge < -0.3 is 10.6 Å². The summed E-state index contributed by atoms with van der Waals surface area (Å²) in [5, 5.41) is 5.61. The molecule has 70 valence electrons. The predicted octanol–water partition coefficient (Wildman–Crippen LogP) is 0.860. The van der Waals surface area contributed by atoms with E-state index in [0.717, 1.165) is 13.0 Å².